The minimum Gasteiger partial charge on any atom is -0.401 e. The van der Waals surface area contributed by atoms with Crippen molar-refractivity contribution in [3.05, 3.63) is 94.5 Å². The lowest BCUT2D eigenvalue weighted by atomic mass is 10.1. The number of piperazine rings is 1. The van der Waals surface area contributed by atoms with Crippen molar-refractivity contribution in [2.75, 3.05) is 49.1 Å². The van der Waals surface area contributed by atoms with Crippen LogP contribution in [0.5, 0.6) is 5.75 Å². The van der Waals surface area contributed by atoms with E-state index in [1.807, 2.05) is 42.5 Å². The largest absolute Gasteiger partial charge is 0.573 e. The van der Waals surface area contributed by atoms with E-state index in [1.165, 1.54) is 16.8 Å². The van der Waals surface area contributed by atoms with Crippen molar-refractivity contribution in [1.82, 2.24) is 9.47 Å². The van der Waals surface area contributed by atoms with Gasteiger partial charge in [0.25, 0.3) is 0 Å². The van der Waals surface area contributed by atoms with E-state index in [0.29, 0.717) is 18.8 Å². The molecule has 1 aliphatic heterocycles. The molecule has 0 saturated carbocycles. The van der Waals surface area contributed by atoms with Gasteiger partial charge in [-0.15, -0.1) is 13.2 Å². The minimum atomic E-state index is -5.11. The van der Waals surface area contributed by atoms with Crippen LogP contribution in [0.4, 0.5) is 28.9 Å². The van der Waals surface area contributed by atoms with Crippen molar-refractivity contribution in [3.8, 4) is 11.4 Å². The maximum Gasteiger partial charge on any atom is 0.573 e. The molecule has 0 spiro atoms. The Morgan fingerprint density at radius 3 is 2.10 bits per heavy atom. The van der Waals surface area contributed by atoms with Gasteiger partial charge in [-0.3, -0.25) is 9.69 Å². The molecule has 0 radical (unpaired) electrons. The number of aromatic nitrogens is 1. The van der Waals surface area contributed by atoms with Crippen LogP contribution in [0.25, 0.3) is 16.6 Å². The molecule has 0 aliphatic carbocycles. The molecule has 1 fully saturated rings. The molecule has 0 amide bonds. The van der Waals surface area contributed by atoms with E-state index in [-0.39, 0.29) is 29.7 Å². The summed E-state index contributed by atoms with van der Waals surface area (Å²) < 4.78 is 63.2. The van der Waals surface area contributed by atoms with Crippen molar-refractivity contribution in [2.24, 2.45) is 0 Å². The number of nitrogens with zero attached hydrogens (tertiary/aromatic N) is 4. The number of pyridine rings is 1. The van der Waals surface area contributed by atoms with Gasteiger partial charge in [-0.05, 0) is 49.0 Å². The summed E-state index contributed by atoms with van der Waals surface area (Å²) in [6.45, 7) is 8.13. The Labute approximate surface area is 236 Å². The molecule has 4 aromatic rings. The summed E-state index contributed by atoms with van der Waals surface area (Å²) >= 11 is 0. The molecule has 0 atom stereocenters. The number of anilines is 2. The lowest BCUT2D eigenvalue weighted by Gasteiger charge is -2.38. The molecular formula is C31H32F4N4O2. The molecule has 6 nitrogen and oxygen atoms in total. The summed E-state index contributed by atoms with van der Waals surface area (Å²) in [5.41, 5.74) is 1.51. The molecular weight excluding hydrogens is 536 g/mol. The summed E-state index contributed by atoms with van der Waals surface area (Å²) in [5, 5.41) is -0.192. The second kappa shape index (κ2) is 11.8. The molecule has 0 unspecified atom stereocenters. The highest BCUT2D eigenvalue weighted by Gasteiger charge is 2.36. The molecule has 1 saturated heterocycles. The summed E-state index contributed by atoms with van der Waals surface area (Å²) in [5.74, 6) is -1.65. The van der Waals surface area contributed by atoms with Gasteiger partial charge in [-0.2, -0.15) is 0 Å². The second-order valence-corrected chi connectivity index (χ2v) is 9.97. The molecule has 41 heavy (non-hydrogen) atoms. The van der Waals surface area contributed by atoms with Crippen LogP contribution in [-0.2, 0) is 6.54 Å². The van der Waals surface area contributed by atoms with Gasteiger partial charge in [0.2, 0.25) is 0 Å². The monoisotopic (exact) mass is 568 g/mol. The molecule has 216 valence electrons. The average molecular weight is 569 g/mol. The SMILES string of the molecule is CCN(CC)Cc1ccc(-n2ccc(=O)c3cc(F)c(N4CCN(c5ccccc5)CC4)c(OC(F)(F)F)c32)cc1. The normalized spacial score (nSPS) is 14.2. The molecule has 10 heteroatoms. The first-order valence-corrected chi connectivity index (χ1v) is 13.7. The van der Waals surface area contributed by atoms with E-state index in [0.717, 1.165) is 37.0 Å². The van der Waals surface area contributed by atoms with Crippen LogP contribution in [-0.4, -0.2) is 55.1 Å². The van der Waals surface area contributed by atoms with Crippen molar-refractivity contribution in [1.29, 1.82) is 0 Å². The highest BCUT2D eigenvalue weighted by atomic mass is 19.4. The fraction of sp³-hybridized carbons (Fsp3) is 0.323. The Balaban J connectivity index is 1.60. The zero-order chi connectivity index (χ0) is 29.1. The zero-order valence-corrected chi connectivity index (χ0v) is 23.0. The number of para-hydroxylation sites is 1. The van der Waals surface area contributed by atoms with Gasteiger partial charge in [-0.1, -0.05) is 44.2 Å². The number of ether oxygens (including phenoxy) is 1. The molecule has 2 heterocycles. The van der Waals surface area contributed by atoms with Crippen LogP contribution in [0.15, 0.2) is 77.7 Å². The fourth-order valence-corrected chi connectivity index (χ4v) is 5.36. The molecule has 3 aromatic carbocycles. The number of hydrogen-bond acceptors (Lipinski definition) is 5. The van der Waals surface area contributed by atoms with Crippen molar-refractivity contribution < 1.29 is 22.3 Å². The third-order valence-corrected chi connectivity index (χ3v) is 7.51. The van der Waals surface area contributed by atoms with Gasteiger partial charge in [0.05, 0.1) is 5.39 Å². The molecule has 0 bridgehead atoms. The fourth-order valence-electron chi connectivity index (χ4n) is 5.36. The first-order valence-electron chi connectivity index (χ1n) is 13.7. The van der Waals surface area contributed by atoms with Gasteiger partial charge in [0.15, 0.2) is 17.0 Å². The number of halogens is 4. The Morgan fingerprint density at radius 1 is 0.854 bits per heavy atom. The first-order chi connectivity index (χ1) is 19.7. The van der Waals surface area contributed by atoms with Crippen molar-refractivity contribution >= 4 is 22.3 Å². The average Bonchev–Trinajstić information content (AvgIpc) is 2.97. The highest BCUT2D eigenvalue weighted by molar-refractivity contribution is 5.92. The maximum atomic E-state index is 15.7. The summed E-state index contributed by atoms with van der Waals surface area (Å²) in [6.07, 6.45) is -3.70. The van der Waals surface area contributed by atoms with Crippen LogP contribution in [0.1, 0.15) is 19.4 Å². The van der Waals surface area contributed by atoms with Crippen LogP contribution in [0, 0.1) is 5.82 Å². The van der Waals surface area contributed by atoms with Gasteiger partial charge in [0.1, 0.15) is 11.2 Å². The Morgan fingerprint density at radius 2 is 1.49 bits per heavy atom. The number of alkyl halides is 3. The summed E-state index contributed by atoms with van der Waals surface area (Å²) in [7, 11) is 0. The van der Waals surface area contributed by atoms with Gasteiger partial charge >= 0.3 is 6.36 Å². The quantitative estimate of drug-likeness (QED) is 0.237. The molecule has 5 rings (SSSR count). The topological polar surface area (TPSA) is 41.0 Å². The van der Waals surface area contributed by atoms with Crippen molar-refractivity contribution in [3.63, 3.8) is 0 Å². The maximum absolute atomic E-state index is 15.7. The Bertz CT molecular complexity index is 1540. The van der Waals surface area contributed by atoms with E-state index >= 15 is 4.39 Å². The number of benzene rings is 3. The van der Waals surface area contributed by atoms with E-state index in [1.54, 1.807) is 17.0 Å². The van der Waals surface area contributed by atoms with Crippen molar-refractivity contribution in [2.45, 2.75) is 26.8 Å². The minimum absolute atomic E-state index is 0.131. The predicted octanol–water partition coefficient (Wildman–Crippen LogP) is 6.20. The van der Waals surface area contributed by atoms with Gasteiger partial charge in [-0.25, -0.2) is 4.39 Å². The van der Waals surface area contributed by atoms with E-state index in [4.69, 9.17) is 0 Å². The Hall–Kier alpha value is -4.05. The van der Waals surface area contributed by atoms with Gasteiger partial charge in [0, 0.05) is 56.4 Å². The zero-order valence-electron chi connectivity index (χ0n) is 23.0. The van der Waals surface area contributed by atoms with E-state index < -0.39 is 23.4 Å². The van der Waals surface area contributed by atoms with Crippen LogP contribution < -0.4 is 20.0 Å². The smallest absolute Gasteiger partial charge is 0.401 e. The number of fused-ring (bicyclic) bond motifs is 1. The lowest BCUT2D eigenvalue weighted by Crippen LogP contribution is -2.47. The lowest BCUT2D eigenvalue weighted by molar-refractivity contribution is -0.274. The van der Waals surface area contributed by atoms with Gasteiger partial charge < -0.3 is 19.1 Å². The Kier molecular flexibility index (Phi) is 8.21. The van der Waals surface area contributed by atoms with E-state index in [2.05, 4.69) is 28.4 Å². The predicted molar refractivity (Wildman–Crippen MR) is 154 cm³/mol. The number of rotatable bonds is 8. The molecule has 1 aliphatic rings. The third-order valence-electron chi connectivity index (χ3n) is 7.51. The van der Waals surface area contributed by atoms with Crippen LogP contribution >= 0.6 is 0 Å². The van der Waals surface area contributed by atoms with Crippen LogP contribution in [0.2, 0.25) is 0 Å². The van der Waals surface area contributed by atoms with Crippen LogP contribution in [0.3, 0.4) is 0 Å². The van der Waals surface area contributed by atoms with E-state index in [9.17, 15) is 18.0 Å². The first kappa shape index (κ1) is 28.5. The second-order valence-electron chi connectivity index (χ2n) is 9.97. The highest BCUT2D eigenvalue weighted by Crippen LogP contribution is 2.42. The summed E-state index contributed by atoms with van der Waals surface area (Å²) in [4.78, 5) is 18.7. The molecule has 1 aromatic heterocycles. The number of hydrogen-bond donors (Lipinski definition) is 0. The third kappa shape index (κ3) is 6.17. The molecule has 0 N–H and O–H groups in total. The summed E-state index contributed by atoms with van der Waals surface area (Å²) in [6, 6.07) is 19.2. The standard InChI is InChI=1S/C31H32F4N4O2/c1-3-36(4-2)21-22-10-12-24(13-11-22)39-15-14-27(40)25-20-26(32)29(30(28(25)39)41-31(33,34)35)38-18-16-37(17-19-38)23-8-6-5-7-9-23/h5-15,20H,3-4,16-19,21H2,1-2H3.